The molecular formula is C15H20F4N2. The Labute approximate surface area is 121 Å². The molecule has 0 saturated carbocycles. The van der Waals surface area contributed by atoms with Crippen LogP contribution < -0.4 is 5.73 Å². The number of alkyl halides is 3. The van der Waals surface area contributed by atoms with Crippen molar-refractivity contribution in [3.05, 3.63) is 35.6 Å². The van der Waals surface area contributed by atoms with Crippen LogP contribution in [0.15, 0.2) is 24.3 Å². The van der Waals surface area contributed by atoms with Gasteiger partial charge in [-0.25, -0.2) is 4.39 Å². The molecule has 1 heterocycles. The molecule has 2 N–H and O–H groups in total. The minimum absolute atomic E-state index is 0.00430. The molecule has 0 aliphatic carbocycles. The second kappa shape index (κ2) is 6.75. The summed E-state index contributed by atoms with van der Waals surface area (Å²) in [6.45, 7) is 1.20. The van der Waals surface area contributed by atoms with Crippen LogP contribution in [-0.2, 0) is 6.42 Å². The van der Waals surface area contributed by atoms with Crippen molar-refractivity contribution >= 4 is 0 Å². The van der Waals surface area contributed by atoms with E-state index >= 15 is 0 Å². The van der Waals surface area contributed by atoms with Gasteiger partial charge in [0.1, 0.15) is 5.82 Å². The van der Waals surface area contributed by atoms with Crippen LogP contribution >= 0.6 is 0 Å². The van der Waals surface area contributed by atoms with Crippen LogP contribution in [-0.4, -0.2) is 36.8 Å². The summed E-state index contributed by atoms with van der Waals surface area (Å²) in [7, 11) is 0. The van der Waals surface area contributed by atoms with E-state index < -0.39 is 12.1 Å². The summed E-state index contributed by atoms with van der Waals surface area (Å²) >= 11 is 0. The molecule has 0 radical (unpaired) electrons. The molecule has 0 spiro atoms. The van der Waals surface area contributed by atoms with Crippen LogP contribution in [0.5, 0.6) is 0 Å². The fourth-order valence-electron chi connectivity index (χ4n) is 2.85. The maximum atomic E-state index is 12.9. The van der Waals surface area contributed by atoms with Gasteiger partial charge >= 0.3 is 6.18 Å². The largest absolute Gasteiger partial charge is 0.391 e. The molecule has 1 fully saturated rings. The molecule has 1 aromatic carbocycles. The fourth-order valence-corrected chi connectivity index (χ4v) is 2.85. The molecule has 6 heteroatoms. The van der Waals surface area contributed by atoms with Gasteiger partial charge in [-0.2, -0.15) is 13.2 Å². The van der Waals surface area contributed by atoms with E-state index in [0.717, 1.165) is 5.56 Å². The zero-order valence-electron chi connectivity index (χ0n) is 11.7. The summed E-state index contributed by atoms with van der Waals surface area (Å²) in [5.74, 6) is -1.49. The predicted molar refractivity (Wildman–Crippen MR) is 73.3 cm³/mol. The highest BCUT2D eigenvalue weighted by molar-refractivity contribution is 5.17. The molecule has 0 bridgehead atoms. The van der Waals surface area contributed by atoms with Gasteiger partial charge in [0.2, 0.25) is 0 Å². The van der Waals surface area contributed by atoms with E-state index in [4.69, 9.17) is 5.73 Å². The average Bonchev–Trinajstić information content (AvgIpc) is 2.46. The van der Waals surface area contributed by atoms with Gasteiger partial charge in [-0.15, -0.1) is 0 Å². The SMILES string of the molecule is NC[C@H](Cc1ccc(F)cc1)N1CCC(C(F)(F)F)CC1. The van der Waals surface area contributed by atoms with Crippen molar-refractivity contribution in [3.63, 3.8) is 0 Å². The Kier molecular flexibility index (Phi) is 5.22. The van der Waals surface area contributed by atoms with Crippen LogP contribution in [0.25, 0.3) is 0 Å². The Bertz CT molecular complexity index is 436. The van der Waals surface area contributed by atoms with Crippen molar-refractivity contribution < 1.29 is 17.6 Å². The van der Waals surface area contributed by atoms with E-state index in [1.807, 2.05) is 4.90 Å². The van der Waals surface area contributed by atoms with Gasteiger partial charge in [-0.1, -0.05) is 12.1 Å². The van der Waals surface area contributed by atoms with Gasteiger partial charge in [0.25, 0.3) is 0 Å². The van der Waals surface area contributed by atoms with E-state index in [9.17, 15) is 17.6 Å². The Morgan fingerprint density at radius 1 is 1.14 bits per heavy atom. The lowest BCUT2D eigenvalue weighted by Gasteiger charge is -2.37. The van der Waals surface area contributed by atoms with Crippen molar-refractivity contribution in [2.75, 3.05) is 19.6 Å². The number of likely N-dealkylation sites (tertiary alicyclic amines) is 1. The quantitative estimate of drug-likeness (QED) is 0.867. The van der Waals surface area contributed by atoms with Gasteiger partial charge in [0, 0.05) is 12.6 Å². The van der Waals surface area contributed by atoms with E-state index in [1.54, 1.807) is 12.1 Å². The van der Waals surface area contributed by atoms with Gasteiger partial charge in [0.15, 0.2) is 0 Å². The fraction of sp³-hybridized carbons (Fsp3) is 0.600. The Balaban J connectivity index is 1.92. The molecule has 1 atom stereocenters. The molecule has 21 heavy (non-hydrogen) atoms. The third kappa shape index (κ3) is 4.41. The van der Waals surface area contributed by atoms with E-state index in [2.05, 4.69) is 0 Å². The minimum atomic E-state index is -4.10. The second-order valence-electron chi connectivity index (χ2n) is 5.57. The highest BCUT2D eigenvalue weighted by Crippen LogP contribution is 2.34. The summed E-state index contributed by atoms with van der Waals surface area (Å²) < 4.78 is 50.8. The third-order valence-electron chi connectivity index (χ3n) is 4.17. The average molecular weight is 304 g/mol. The first-order chi connectivity index (χ1) is 9.90. The van der Waals surface area contributed by atoms with Gasteiger partial charge in [-0.05, 0) is 50.0 Å². The van der Waals surface area contributed by atoms with Crippen LogP contribution in [0.1, 0.15) is 18.4 Å². The van der Waals surface area contributed by atoms with Crippen molar-refractivity contribution in [1.29, 1.82) is 0 Å². The van der Waals surface area contributed by atoms with E-state index in [-0.39, 0.29) is 24.7 Å². The number of hydrogen-bond donors (Lipinski definition) is 1. The number of piperidine rings is 1. The normalized spacial score (nSPS) is 19.7. The number of nitrogens with zero attached hydrogens (tertiary/aromatic N) is 1. The smallest absolute Gasteiger partial charge is 0.329 e. The molecular weight excluding hydrogens is 284 g/mol. The van der Waals surface area contributed by atoms with Crippen LogP contribution in [0.3, 0.4) is 0 Å². The second-order valence-corrected chi connectivity index (χ2v) is 5.57. The lowest BCUT2D eigenvalue weighted by Crippen LogP contribution is -2.48. The van der Waals surface area contributed by atoms with Crippen LogP contribution in [0.2, 0.25) is 0 Å². The van der Waals surface area contributed by atoms with E-state index in [1.165, 1.54) is 12.1 Å². The molecule has 1 aliphatic rings. The maximum Gasteiger partial charge on any atom is 0.391 e. The molecule has 1 aromatic rings. The number of nitrogens with two attached hydrogens (primary N) is 1. The lowest BCUT2D eigenvalue weighted by atomic mass is 9.94. The molecule has 118 valence electrons. The van der Waals surface area contributed by atoms with Gasteiger partial charge < -0.3 is 5.73 Å². The monoisotopic (exact) mass is 304 g/mol. The number of rotatable bonds is 4. The predicted octanol–water partition coefficient (Wildman–Crippen LogP) is 2.97. The first-order valence-corrected chi connectivity index (χ1v) is 7.15. The molecule has 0 unspecified atom stereocenters. The summed E-state index contributed by atoms with van der Waals surface area (Å²) in [4.78, 5) is 2.02. The molecule has 2 nitrogen and oxygen atoms in total. The molecule has 0 aromatic heterocycles. The van der Waals surface area contributed by atoms with Crippen molar-refractivity contribution in [1.82, 2.24) is 4.90 Å². The summed E-state index contributed by atoms with van der Waals surface area (Å²) in [5, 5.41) is 0. The summed E-state index contributed by atoms with van der Waals surface area (Å²) in [6.07, 6.45) is -3.21. The first-order valence-electron chi connectivity index (χ1n) is 7.15. The Morgan fingerprint density at radius 3 is 2.19 bits per heavy atom. The first kappa shape index (κ1) is 16.2. The lowest BCUT2D eigenvalue weighted by molar-refractivity contribution is -0.186. The molecule has 0 amide bonds. The summed E-state index contributed by atoms with van der Waals surface area (Å²) in [6, 6.07) is 6.17. The highest BCUT2D eigenvalue weighted by Gasteiger charge is 2.41. The molecule has 1 aliphatic heterocycles. The van der Waals surface area contributed by atoms with Crippen molar-refractivity contribution in [3.8, 4) is 0 Å². The number of benzene rings is 1. The van der Waals surface area contributed by atoms with Gasteiger partial charge in [-0.3, -0.25) is 4.90 Å². The summed E-state index contributed by atoms with van der Waals surface area (Å²) in [5.41, 5.74) is 6.71. The van der Waals surface area contributed by atoms with Crippen LogP contribution in [0.4, 0.5) is 17.6 Å². The number of hydrogen-bond acceptors (Lipinski definition) is 2. The van der Waals surface area contributed by atoms with Crippen molar-refractivity contribution in [2.24, 2.45) is 11.7 Å². The van der Waals surface area contributed by atoms with Gasteiger partial charge in [0.05, 0.1) is 5.92 Å². The maximum absolute atomic E-state index is 12.9. The number of halogens is 4. The standard InChI is InChI=1S/C15H20F4N2/c16-13-3-1-11(2-4-13)9-14(10-20)21-7-5-12(6-8-21)15(17,18)19/h1-4,12,14H,5-10,20H2/t14-/m0/s1. The zero-order valence-corrected chi connectivity index (χ0v) is 11.7. The third-order valence-corrected chi connectivity index (χ3v) is 4.17. The minimum Gasteiger partial charge on any atom is -0.329 e. The molecule has 2 rings (SSSR count). The van der Waals surface area contributed by atoms with E-state index in [0.29, 0.717) is 26.1 Å². The topological polar surface area (TPSA) is 29.3 Å². The Morgan fingerprint density at radius 2 is 1.71 bits per heavy atom. The highest BCUT2D eigenvalue weighted by atomic mass is 19.4. The Hall–Kier alpha value is -1.14. The zero-order chi connectivity index (χ0) is 15.5. The van der Waals surface area contributed by atoms with Crippen LogP contribution in [0, 0.1) is 11.7 Å². The molecule has 1 saturated heterocycles. The van der Waals surface area contributed by atoms with Crippen molar-refractivity contribution in [2.45, 2.75) is 31.5 Å².